The quantitative estimate of drug-likeness (QED) is 0.0417. The average molecular weight is 553 g/mol. The molecule has 0 heterocycles. The number of hydrogen-bond acceptors (Lipinski definition) is 9. The highest BCUT2D eigenvalue weighted by molar-refractivity contribution is 5.87. The summed E-state index contributed by atoms with van der Waals surface area (Å²) in [5.74, 6) is -0.424. The second-order valence-electron chi connectivity index (χ2n) is 12.5. The van der Waals surface area contributed by atoms with Crippen LogP contribution in [0.5, 0.6) is 0 Å². The van der Waals surface area contributed by atoms with Crippen LogP contribution in [0.2, 0.25) is 0 Å². The molecule has 0 radical (unpaired) electrons. The number of nitrogen functional groups attached to an aromatic ring is 1. The van der Waals surface area contributed by atoms with Gasteiger partial charge in [-0.25, -0.2) is 0 Å². The van der Waals surface area contributed by atoms with Crippen molar-refractivity contribution in [3.63, 3.8) is 0 Å². The van der Waals surface area contributed by atoms with E-state index >= 15 is 0 Å². The maximum absolute atomic E-state index is 13.2. The van der Waals surface area contributed by atoms with Gasteiger partial charge >= 0.3 is 0 Å². The van der Waals surface area contributed by atoms with Crippen LogP contribution >= 0.6 is 0 Å². The molecule has 0 aliphatic carbocycles. The summed E-state index contributed by atoms with van der Waals surface area (Å²) in [5, 5.41) is 8.60. The number of nitrogens with two attached hydrogens (primary N) is 4. The maximum Gasteiger partial charge on any atom is 0.253 e. The SMILES string of the molecule is CC(N)(CC(C)(C)NC=O)CC(C)(C)OCCC(C)(C)NC(=O)C(CCCN=C(N)N)Nc1c(N)c(=O)c1=O. The van der Waals surface area contributed by atoms with Crippen LogP contribution in [0.15, 0.2) is 14.6 Å². The minimum absolute atomic E-state index is 0.0544. The largest absolute Gasteiger partial charge is 0.394 e. The number of hydrogen-bond donors (Lipinski definition) is 7. The van der Waals surface area contributed by atoms with Gasteiger partial charge in [-0.2, -0.15) is 0 Å². The van der Waals surface area contributed by atoms with Gasteiger partial charge in [0.05, 0.1) is 5.60 Å². The molecule has 0 saturated heterocycles. The fraction of sp³-hybridized carbons (Fsp3) is 0.731. The first-order valence-electron chi connectivity index (χ1n) is 13.1. The fourth-order valence-electron chi connectivity index (χ4n) is 4.87. The molecule has 0 aliphatic rings. The predicted molar refractivity (Wildman–Crippen MR) is 155 cm³/mol. The third-order valence-corrected chi connectivity index (χ3v) is 6.33. The van der Waals surface area contributed by atoms with Gasteiger partial charge in [0.1, 0.15) is 17.4 Å². The Hall–Kier alpha value is -3.19. The van der Waals surface area contributed by atoms with Crippen molar-refractivity contribution in [2.75, 3.05) is 24.2 Å². The van der Waals surface area contributed by atoms with Crippen LogP contribution in [0, 0.1) is 0 Å². The summed E-state index contributed by atoms with van der Waals surface area (Å²) in [6.45, 7) is 14.0. The fourth-order valence-corrected chi connectivity index (χ4v) is 4.87. The van der Waals surface area contributed by atoms with Gasteiger partial charge in [0.2, 0.25) is 12.3 Å². The minimum atomic E-state index is -0.831. The standard InChI is InChI=1S/C26H48N8O5/c1-23(2,10-12-39-25(5,6)14-26(7,30)13-24(3,4)32-15-35)34-21(38)16(9-8-11-31-22(28)29)33-18-17(27)19(36)20(18)37/h15-16,33H,8-14,27,30H2,1-7H3,(H,32,35)(H,34,38)(H4,28,29,31). The highest BCUT2D eigenvalue weighted by atomic mass is 16.5. The van der Waals surface area contributed by atoms with E-state index in [0.29, 0.717) is 51.7 Å². The van der Waals surface area contributed by atoms with E-state index in [1.54, 1.807) is 0 Å². The topological polar surface area (TPSA) is 230 Å². The lowest BCUT2D eigenvalue weighted by Gasteiger charge is -2.40. The molecule has 0 fully saturated rings. The number of aliphatic imine (C=N–C) groups is 1. The molecule has 0 bridgehead atoms. The molecule has 0 spiro atoms. The van der Waals surface area contributed by atoms with Gasteiger partial charge in [-0.1, -0.05) is 0 Å². The number of carbonyl (C=O) groups excluding carboxylic acids is 2. The van der Waals surface area contributed by atoms with Gasteiger partial charge < -0.3 is 43.6 Å². The van der Waals surface area contributed by atoms with Crippen LogP contribution in [0.25, 0.3) is 0 Å². The Morgan fingerprint density at radius 1 is 1.03 bits per heavy atom. The van der Waals surface area contributed by atoms with Crippen molar-refractivity contribution in [1.82, 2.24) is 10.6 Å². The first kappa shape index (κ1) is 33.8. The summed E-state index contributed by atoms with van der Waals surface area (Å²) in [4.78, 5) is 51.4. The Kier molecular flexibility index (Phi) is 11.5. The molecule has 13 nitrogen and oxygen atoms in total. The molecule has 0 aliphatic heterocycles. The highest BCUT2D eigenvalue weighted by Gasteiger charge is 2.35. The van der Waals surface area contributed by atoms with Crippen LogP contribution in [-0.2, 0) is 14.3 Å². The van der Waals surface area contributed by atoms with E-state index in [1.165, 1.54) is 0 Å². The third kappa shape index (κ3) is 11.6. The van der Waals surface area contributed by atoms with Crippen LogP contribution in [0.1, 0.15) is 80.6 Å². The molecular weight excluding hydrogens is 504 g/mol. The number of nitrogens with zero attached hydrogens (tertiary/aromatic N) is 1. The maximum atomic E-state index is 13.2. The smallest absolute Gasteiger partial charge is 0.253 e. The summed E-state index contributed by atoms with van der Waals surface area (Å²) in [5.41, 5.74) is 18.9. The Bertz CT molecular complexity index is 1080. The van der Waals surface area contributed by atoms with Gasteiger partial charge in [-0.15, -0.1) is 0 Å². The second kappa shape index (κ2) is 13.2. The van der Waals surface area contributed by atoms with Crippen molar-refractivity contribution in [3.05, 3.63) is 20.4 Å². The molecule has 0 saturated carbocycles. The zero-order chi connectivity index (χ0) is 30.2. The van der Waals surface area contributed by atoms with Crippen molar-refractivity contribution >= 4 is 29.7 Å². The summed E-state index contributed by atoms with van der Waals surface area (Å²) in [6, 6.07) is -0.831. The summed E-state index contributed by atoms with van der Waals surface area (Å²) in [7, 11) is 0. The number of amides is 2. The van der Waals surface area contributed by atoms with Crippen LogP contribution in [0.4, 0.5) is 11.4 Å². The Labute approximate surface area is 230 Å². The number of nitrogens with one attached hydrogen (secondary N) is 3. The molecule has 39 heavy (non-hydrogen) atoms. The van der Waals surface area contributed by atoms with Gasteiger partial charge in [-0.05, 0) is 80.6 Å². The van der Waals surface area contributed by atoms with E-state index in [1.807, 2.05) is 48.5 Å². The van der Waals surface area contributed by atoms with E-state index < -0.39 is 39.1 Å². The van der Waals surface area contributed by atoms with Gasteiger partial charge in [0.25, 0.3) is 10.9 Å². The van der Waals surface area contributed by atoms with E-state index in [4.69, 9.17) is 27.7 Å². The summed E-state index contributed by atoms with van der Waals surface area (Å²) >= 11 is 0. The van der Waals surface area contributed by atoms with Gasteiger partial charge in [0.15, 0.2) is 5.96 Å². The van der Waals surface area contributed by atoms with Gasteiger partial charge in [0, 0.05) is 29.8 Å². The van der Waals surface area contributed by atoms with Crippen LogP contribution in [-0.4, -0.2) is 59.7 Å². The zero-order valence-electron chi connectivity index (χ0n) is 24.4. The Balaban J connectivity index is 2.77. The zero-order valence-corrected chi connectivity index (χ0v) is 24.4. The minimum Gasteiger partial charge on any atom is -0.394 e. The molecule has 0 aromatic heterocycles. The molecule has 1 aromatic rings. The number of carbonyl (C=O) groups is 2. The molecule has 222 valence electrons. The Morgan fingerprint density at radius 3 is 2.18 bits per heavy atom. The average Bonchev–Trinajstić information content (AvgIpc) is 2.74. The van der Waals surface area contributed by atoms with Crippen molar-refractivity contribution in [2.24, 2.45) is 22.2 Å². The predicted octanol–water partition coefficient (Wildman–Crippen LogP) is -0.199. The Morgan fingerprint density at radius 2 is 1.64 bits per heavy atom. The number of ether oxygens (including phenoxy) is 1. The number of guanidine groups is 1. The number of rotatable bonds is 18. The highest BCUT2D eigenvalue weighted by Crippen LogP contribution is 2.29. The lowest BCUT2D eigenvalue weighted by Crippen LogP contribution is -2.53. The molecule has 1 rings (SSSR count). The van der Waals surface area contributed by atoms with E-state index in [-0.39, 0.29) is 23.2 Å². The lowest BCUT2D eigenvalue weighted by molar-refractivity contribution is -0.124. The van der Waals surface area contributed by atoms with E-state index in [2.05, 4.69) is 20.9 Å². The molecule has 2 unspecified atom stereocenters. The lowest BCUT2D eigenvalue weighted by atomic mass is 9.79. The molecule has 11 N–H and O–H groups in total. The van der Waals surface area contributed by atoms with Crippen molar-refractivity contribution in [3.8, 4) is 0 Å². The van der Waals surface area contributed by atoms with Crippen molar-refractivity contribution < 1.29 is 14.3 Å². The van der Waals surface area contributed by atoms with Crippen LogP contribution < -0.4 is 49.7 Å². The monoisotopic (exact) mass is 552 g/mol. The second-order valence-corrected chi connectivity index (χ2v) is 12.5. The molecule has 1 aromatic carbocycles. The first-order chi connectivity index (χ1) is 17.7. The molecular formula is C26H48N8O5. The molecule has 2 atom stereocenters. The molecule has 2 amide bonds. The van der Waals surface area contributed by atoms with Gasteiger partial charge in [-0.3, -0.25) is 24.2 Å². The first-order valence-corrected chi connectivity index (χ1v) is 13.1. The summed E-state index contributed by atoms with van der Waals surface area (Å²) < 4.78 is 6.17. The molecule has 13 heteroatoms. The van der Waals surface area contributed by atoms with E-state index in [9.17, 15) is 19.2 Å². The van der Waals surface area contributed by atoms with E-state index in [0.717, 1.165) is 0 Å². The van der Waals surface area contributed by atoms with Crippen molar-refractivity contribution in [1.29, 1.82) is 0 Å². The summed E-state index contributed by atoms with van der Waals surface area (Å²) in [6.07, 6.45) is 3.01. The van der Waals surface area contributed by atoms with Crippen molar-refractivity contribution in [2.45, 2.75) is 109 Å². The third-order valence-electron chi connectivity index (χ3n) is 6.33. The normalized spacial score (nSPS) is 14.8. The van der Waals surface area contributed by atoms with Crippen LogP contribution in [0.3, 0.4) is 0 Å². The number of anilines is 2.